The molecule has 0 aliphatic carbocycles. The van der Waals surface area contributed by atoms with Crippen molar-refractivity contribution >= 4 is 50.9 Å². The van der Waals surface area contributed by atoms with Gasteiger partial charge in [-0.2, -0.15) is 0 Å². The van der Waals surface area contributed by atoms with Gasteiger partial charge in [0.05, 0.1) is 16.0 Å². The summed E-state index contributed by atoms with van der Waals surface area (Å²) in [5.74, 6) is -1.02. The standard InChI is InChI=1S/C21H17BrFNO5S/c1-2-28-19(25)11-24-20(26)18(30-21(24)27)10-13-7-8-17(15(22)9-13)29-12-14-5-3-4-6-16(14)23/h3-10H,2,11-12H2,1H3/b18-10+. The van der Waals surface area contributed by atoms with E-state index in [0.717, 1.165) is 16.7 Å². The Morgan fingerprint density at radius 1 is 1.23 bits per heavy atom. The molecule has 0 N–H and O–H groups in total. The quantitative estimate of drug-likeness (QED) is 0.408. The molecular formula is C21H17BrFNO5S. The third-order valence-electron chi connectivity index (χ3n) is 4.06. The van der Waals surface area contributed by atoms with Crippen LogP contribution >= 0.6 is 27.7 Å². The summed E-state index contributed by atoms with van der Waals surface area (Å²) in [4.78, 5) is 37.1. The lowest BCUT2D eigenvalue weighted by Gasteiger charge is -2.11. The number of rotatable bonds is 7. The minimum Gasteiger partial charge on any atom is -0.488 e. The van der Waals surface area contributed by atoms with Gasteiger partial charge >= 0.3 is 5.97 Å². The normalized spacial score (nSPS) is 15.0. The van der Waals surface area contributed by atoms with Gasteiger partial charge in [0.25, 0.3) is 11.1 Å². The van der Waals surface area contributed by atoms with Crippen LogP contribution in [0.1, 0.15) is 18.1 Å². The number of carbonyl (C=O) groups excluding carboxylic acids is 3. The summed E-state index contributed by atoms with van der Waals surface area (Å²) in [7, 11) is 0. The van der Waals surface area contributed by atoms with Crippen LogP contribution in [0.4, 0.5) is 9.18 Å². The van der Waals surface area contributed by atoms with Crippen molar-refractivity contribution in [1.29, 1.82) is 0 Å². The zero-order valence-electron chi connectivity index (χ0n) is 15.9. The molecule has 2 amide bonds. The molecule has 2 aromatic rings. The number of thioether (sulfide) groups is 1. The van der Waals surface area contributed by atoms with Crippen molar-refractivity contribution in [1.82, 2.24) is 4.90 Å². The van der Waals surface area contributed by atoms with Gasteiger partial charge in [0.2, 0.25) is 0 Å². The van der Waals surface area contributed by atoms with Crippen LogP contribution in [0.5, 0.6) is 5.75 Å². The Morgan fingerprint density at radius 3 is 2.70 bits per heavy atom. The zero-order valence-corrected chi connectivity index (χ0v) is 18.3. The van der Waals surface area contributed by atoms with Crippen LogP contribution in [0.15, 0.2) is 51.8 Å². The van der Waals surface area contributed by atoms with E-state index in [-0.39, 0.29) is 23.9 Å². The van der Waals surface area contributed by atoms with E-state index in [1.165, 1.54) is 6.07 Å². The first-order valence-corrected chi connectivity index (χ1v) is 10.6. The summed E-state index contributed by atoms with van der Waals surface area (Å²) in [6.45, 7) is 1.47. The van der Waals surface area contributed by atoms with Crippen LogP contribution in [-0.4, -0.2) is 35.2 Å². The second-order valence-electron chi connectivity index (χ2n) is 6.14. The largest absolute Gasteiger partial charge is 0.488 e. The van der Waals surface area contributed by atoms with Crippen molar-refractivity contribution in [3.8, 4) is 5.75 Å². The Bertz CT molecular complexity index is 1030. The van der Waals surface area contributed by atoms with Gasteiger partial charge in [0, 0.05) is 5.56 Å². The van der Waals surface area contributed by atoms with Gasteiger partial charge in [-0.1, -0.05) is 24.3 Å². The Hall–Kier alpha value is -2.65. The molecule has 0 aromatic heterocycles. The SMILES string of the molecule is CCOC(=O)CN1C(=O)S/C(=C/c2ccc(OCc3ccccc3F)c(Br)c2)C1=O. The Morgan fingerprint density at radius 2 is 2.00 bits per heavy atom. The number of hydrogen-bond donors (Lipinski definition) is 0. The minimum atomic E-state index is -0.639. The van der Waals surface area contributed by atoms with Gasteiger partial charge < -0.3 is 9.47 Å². The molecule has 0 atom stereocenters. The molecule has 1 saturated heterocycles. The van der Waals surface area contributed by atoms with Crippen LogP contribution in [0, 0.1) is 5.82 Å². The predicted molar refractivity (Wildman–Crippen MR) is 114 cm³/mol. The average molecular weight is 494 g/mol. The molecule has 9 heteroatoms. The lowest BCUT2D eigenvalue weighted by Crippen LogP contribution is -2.34. The number of amides is 2. The van der Waals surface area contributed by atoms with Crippen molar-refractivity contribution in [3.63, 3.8) is 0 Å². The van der Waals surface area contributed by atoms with E-state index in [0.29, 0.717) is 21.3 Å². The third-order valence-corrected chi connectivity index (χ3v) is 5.59. The van der Waals surface area contributed by atoms with E-state index in [4.69, 9.17) is 9.47 Å². The van der Waals surface area contributed by atoms with E-state index in [1.807, 2.05) is 0 Å². The van der Waals surface area contributed by atoms with Crippen LogP contribution < -0.4 is 4.74 Å². The summed E-state index contributed by atoms with van der Waals surface area (Å²) in [6.07, 6.45) is 1.56. The Labute approximate surface area is 185 Å². The fourth-order valence-electron chi connectivity index (χ4n) is 2.62. The molecular weight excluding hydrogens is 477 g/mol. The van der Waals surface area contributed by atoms with Gasteiger partial charge in [-0.05, 0) is 64.5 Å². The molecule has 30 heavy (non-hydrogen) atoms. The zero-order chi connectivity index (χ0) is 21.7. The molecule has 0 unspecified atom stereocenters. The predicted octanol–water partition coefficient (Wildman–Crippen LogP) is 4.77. The highest BCUT2D eigenvalue weighted by molar-refractivity contribution is 9.10. The number of imide groups is 1. The fraction of sp³-hybridized carbons (Fsp3) is 0.190. The second kappa shape index (κ2) is 9.90. The lowest BCUT2D eigenvalue weighted by molar-refractivity contribution is -0.145. The van der Waals surface area contributed by atoms with Crippen molar-refractivity contribution in [2.75, 3.05) is 13.2 Å². The van der Waals surface area contributed by atoms with E-state index in [1.54, 1.807) is 49.4 Å². The van der Waals surface area contributed by atoms with Gasteiger partial charge in [-0.15, -0.1) is 0 Å². The van der Waals surface area contributed by atoms with E-state index in [9.17, 15) is 18.8 Å². The summed E-state index contributed by atoms with van der Waals surface area (Å²) in [5.41, 5.74) is 1.09. The number of hydrogen-bond acceptors (Lipinski definition) is 6. The molecule has 156 valence electrons. The number of nitrogens with zero attached hydrogens (tertiary/aromatic N) is 1. The molecule has 1 aliphatic rings. The number of halogens is 2. The minimum absolute atomic E-state index is 0.0668. The molecule has 1 fully saturated rings. The van der Waals surface area contributed by atoms with Crippen LogP contribution in [0.2, 0.25) is 0 Å². The monoisotopic (exact) mass is 493 g/mol. The molecule has 2 aromatic carbocycles. The maximum Gasteiger partial charge on any atom is 0.326 e. The maximum atomic E-state index is 13.7. The van der Waals surface area contributed by atoms with Crippen molar-refractivity contribution in [2.24, 2.45) is 0 Å². The molecule has 3 rings (SSSR count). The van der Waals surface area contributed by atoms with Gasteiger partial charge in [0.15, 0.2) is 0 Å². The summed E-state index contributed by atoms with van der Waals surface area (Å²) < 4.78 is 24.8. The number of esters is 1. The highest BCUT2D eigenvalue weighted by atomic mass is 79.9. The van der Waals surface area contributed by atoms with Crippen molar-refractivity contribution in [3.05, 3.63) is 68.8 Å². The van der Waals surface area contributed by atoms with E-state index < -0.39 is 23.7 Å². The van der Waals surface area contributed by atoms with Crippen LogP contribution in [-0.2, 0) is 20.9 Å². The number of carbonyl (C=O) groups is 3. The highest BCUT2D eigenvalue weighted by Crippen LogP contribution is 2.34. The van der Waals surface area contributed by atoms with Gasteiger partial charge in [-0.25, -0.2) is 4.39 Å². The Kier molecular flexibility index (Phi) is 7.28. The molecule has 0 bridgehead atoms. The fourth-order valence-corrected chi connectivity index (χ4v) is 3.97. The summed E-state index contributed by atoms with van der Waals surface area (Å²) in [6, 6.07) is 11.5. The van der Waals surface area contributed by atoms with Crippen molar-refractivity contribution < 1.29 is 28.2 Å². The van der Waals surface area contributed by atoms with Gasteiger partial charge in [0.1, 0.15) is 24.7 Å². The molecule has 6 nitrogen and oxygen atoms in total. The molecule has 1 aliphatic heterocycles. The molecule has 0 spiro atoms. The smallest absolute Gasteiger partial charge is 0.326 e. The highest BCUT2D eigenvalue weighted by Gasteiger charge is 2.36. The first-order valence-electron chi connectivity index (χ1n) is 8.95. The van der Waals surface area contributed by atoms with Gasteiger partial charge in [-0.3, -0.25) is 19.3 Å². The number of ether oxygens (including phenoxy) is 2. The molecule has 0 radical (unpaired) electrons. The second-order valence-corrected chi connectivity index (χ2v) is 7.99. The first-order chi connectivity index (χ1) is 14.4. The van der Waals surface area contributed by atoms with Crippen molar-refractivity contribution in [2.45, 2.75) is 13.5 Å². The lowest BCUT2D eigenvalue weighted by atomic mass is 10.2. The molecule has 0 saturated carbocycles. The van der Waals surface area contributed by atoms with E-state index in [2.05, 4.69) is 15.9 Å². The van der Waals surface area contributed by atoms with Crippen LogP contribution in [0.3, 0.4) is 0 Å². The first kappa shape index (κ1) is 22.0. The average Bonchev–Trinajstić information content (AvgIpc) is 2.96. The molecule has 1 heterocycles. The maximum absolute atomic E-state index is 13.7. The summed E-state index contributed by atoms with van der Waals surface area (Å²) in [5, 5.41) is -0.525. The number of benzene rings is 2. The Balaban J connectivity index is 1.69. The third kappa shape index (κ3) is 5.28. The topological polar surface area (TPSA) is 72.9 Å². The summed E-state index contributed by atoms with van der Waals surface area (Å²) >= 11 is 4.16. The van der Waals surface area contributed by atoms with Crippen LogP contribution in [0.25, 0.3) is 6.08 Å². The van der Waals surface area contributed by atoms with E-state index >= 15 is 0 Å².